The molecule has 1 aliphatic heterocycles. The number of aromatic nitrogens is 4. The van der Waals surface area contributed by atoms with E-state index in [9.17, 15) is 13.2 Å². The van der Waals surface area contributed by atoms with Gasteiger partial charge in [-0.05, 0) is 29.5 Å². The molecule has 1 saturated heterocycles. The number of aryl methyl sites for hydroxylation is 1. The molecule has 11 nitrogen and oxygen atoms in total. The lowest BCUT2D eigenvalue weighted by atomic mass is 10.1. The quantitative estimate of drug-likeness (QED) is 0.647. The van der Waals surface area contributed by atoms with Gasteiger partial charge in [0, 0.05) is 18.4 Å². The number of carbonyl (C=O) groups excluding carboxylic acids is 1. The molecule has 156 valence electrons. The summed E-state index contributed by atoms with van der Waals surface area (Å²) in [6.07, 6.45) is 2.43. The molecule has 2 heterocycles. The van der Waals surface area contributed by atoms with Crippen LogP contribution in [-0.2, 0) is 21.1 Å². The maximum Gasteiger partial charge on any atom is 0.259 e. The zero-order valence-electron chi connectivity index (χ0n) is 15.9. The van der Waals surface area contributed by atoms with Crippen LogP contribution in [0.2, 0.25) is 5.02 Å². The van der Waals surface area contributed by atoms with E-state index in [1.54, 1.807) is 5.01 Å². The second-order valence-corrected chi connectivity index (χ2v) is 8.56. The summed E-state index contributed by atoms with van der Waals surface area (Å²) in [5, 5.41) is 19.6. The molecule has 1 aromatic carbocycles. The van der Waals surface area contributed by atoms with Crippen LogP contribution in [-0.4, -0.2) is 78.3 Å². The largest absolute Gasteiger partial charge is 0.378 e. The Labute approximate surface area is 172 Å². The molecule has 0 spiro atoms. The van der Waals surface area contributed by atoms with Gasteiger partial charge in [0.2, 0.25) is 5.95 Å². The molecule has 0 radical (unpaired) electrons. The van der Waals surface area contributed by atoms with Crippen LogP contribution in [0, 0.1) is 0 Å². The van der Waals surface area contributed by atoms with Gasteiger partial charge in [-0.3, -0.25) is 15.1 Å². The molecule has 29 heavy (non-hydrogen) atoms. The van der Waals surface area contributed by atoms with E-state index in [-0.39, 0.29) is 27.0 Å². The predicted octanol–water partition coefficient (Wildman–Crippen LogP) is 0.668. The number of carbonyl (C=O) groups is 1. The normalized spacial score (nSPS) is 15.1. The van der Waals surface area contributed by atoms with Crippen molar-refractivity contribution in [2.75, 3.05) is 37.9 Å². The first-order valence-corrected chi connectivity index (χ1v) is 11.0. The molecule has 1 N–H and O–H groups in total. The first kappa shape index (κ1) is 21.1. The van der Waals surface area contributed by atoms with Crippen molar-refractivity contribution in [2.24, 2.45) is 5.10 Å². The van der Waals surface area contributed by atoms with E-state index < -0.39 is 15.7 Å². The highest BCUT2D eigenvalue weighted by Crippen LogP contribution is 2.27. The number of hydrazone groups is 1. The highest BCUT2D eigenvalue weighted by atomic mass is 35.5. The summed E-state index contributed by atoms with van der Waals surface area (Å²) in [5.74, 6) is -0.412. The number of hydrogen-bond donors (Lipinski definition) is 1. The number of hydrogen-bond acceptors (Lipinski definition) is 9. The molecule has 13 heteroatoms. The minimum atomic E-state index is -3.60. The Bertz CT molecular complexity index is 1030. The number of morpholine rings is 1. The Balaban J connectivity index is 1.96. The van der Waals surface area contributed by atoms with Gasteiger partial charge in [-0.15, -0.1) is 0 Å². The highest BCUT2D eigenvalue weighted by molar-refractivity contribution is 7.90. The van der Waals surface area contributed by atoms with Crippen LogP contribution in [0.25, 0.3) is 0 Å². The van der Waals surface area contributed by atoms with Gasteiger partial charge in [0.15, 0.2) is 9.84 Å². The number of amides is 1. The maximum atomic E-state index is 12.7. The zero-order chi connectivity index (χ0) is 21.0. The number of halogens is 1. The zero-order valence-corrected chi connectivity index (χ0v) is 17.4. The van der Waals surface area contributed by atoms with Crippen molar-refractivity contribution < 1.29 is 17.9 Å². The first-order chi connectivity index (χ1) is 13.8. The molecule has 3 rings (SSSR count). The van der Waals surface area contributed by atoms with Crippen molar-refractivity contribution in [1.29, 1.82) is 0 Å². The van der Waals surface area contributed by atoms with Gasteiger partial charge in [-0.1, -0.05) is 16.7 Å². The summed E-state index contributed by atoms with van der Waals surface area (Å²) in [6, 6.07) is 2.68. The number of nitrogens with one attached hydrogen (secondary N) is 1. The van der Waals surface area contributed by atoms with Crippen molar-refractivity contribution in [2.45, 2.75) is 18.4 Å². The Morgan fingerprint density at radius 2 is 2.10 bits per heavy atom. The highest BCUT2D eigenvalue weighted by Gasteiger charge is 2.22. The SMILES string of the molecule is CCn1nnnc1NC(=O)c1ccc(S(C)(=O)=O)c(/C=N/N2CCOCC2)c1Cl. The number of sulfone groups is 1. The molecule has 1 amide bonds. The number of benzene rings is 1. The minimum Gasteiger partial charge on any atom is -0.378 e. The standard InChI is InChI=1S/C16H20ClN7O4S/c1-3-24-16(20-21-22-24)19-15(25)11-4-5-13(29(2,26)27)12(14(11)17)10-18-23-6-8-28-9-7-23/h4-5,10H,3,6-9H2,1-2H3,(H,19,20,22,25)/b18-10+. The minimum absolute atomic E-state index is 0.0190. The van der Waals surface area contributed by atoms with Crippen molar-refractivity contribution in [3.8, 4) is 0 Å². The van der Waals surface area contributed by atoms with E-state index >= 15 is 0 Å². The molecule has 1 aromatic heterocycles. The third-order valence-electron chi connectivity index (χ3n) is 4.18. The molecule has 0 unspecified atom stereocenters. The second kappa shape index (κ2) is 8.84. The molecule has 0 aliphatic carbocycles. The van der Waals surface area contributed by atoms with E-state index in [4.69, 9.17) is 16.3 Å². The first-order valence-electron chi connectivity index (χ1n) is 8.78. The summed E-state index contributed by atoms with van der Waals surface area (Å²) in [5.41, 5.74) is 0.219. The molecule has 1 fully saturated rings. The number of rotatable bonds is 6. The Morgan fingerprint density at radius 3 is 2.76 bits per heavy atom. The lowest BCUT2D eigenvalue weighted by Gasteiger charge is -2.23. The van der Waals surface area contributed by atoms with Crippen LogP contribution in [0.4, 0.5) is 5.95 Å². The van der Waals surface area contributed by atoms with Gasteiger partial charge in [0.1, 0.15) is 0 Å². The monoisotopic (exact) mass is 441 g/mol. The lowest BCUT2D eigenvalue weighted by molar-refractivity contribution is 0.0397. The van der Waals surface area contributed by atoms with Gasteiger partial charge < -0.3 is 4.74 Å². The van der Waals surface area contributed by atoms with Crippen molar-refractivity contribution in [1.82, 2.24) is 25.2 Å². The summed E-state index contributed by atoms with van der Waals surface area (Å²) in [7, 11) is -3.60. The maximum absolute atomic E-state index is 12.7. The fourth-order valence-corrected chi connectivity index (χ4v) is 3.90. The molecule has 0 bridgehead atoms. The van der Waals surface area contributed by atoms with Gasteiger partial charge >= 0.3 is 0 Å². The van der Waals surface area contributed by atoms with Crippen LogP contribution in [0.5, 0.6) is 0 Å². The van der Waals surface area contributed by atoms with Gasteiger partial charge in [0.25, 0.3) is 5.91 Å². The van der Waals surface area contributed by atoms with Crippen LogP contribution < -0.4 is 5.32 Å². The topological polar surface area (TPSA) is 132 Å². The molecule has 1 aliphatic rings. The van der Waals surface area contributed by atoms with Gasteiger partial charge in [-0.25, -0.2) is 13.1 Å². The smallest absolute Gasteiger partial charge is 0.259 e. The van der Waals surface area contributed by atoms with Gasteiger partial charge in [0.05, 0.1) is 48.0 Å². The average molecular weight is 442 g/mol. The van der Waals surface area contributed by atoms with E-state index in [0.717, 1.165) is 6.26 Å². The van der Waals surface area contributed by atoms with Gasteiger partial charge in [-0.2, -0.15) is 5.10 Å². The Kier molecular flexibility index (Phi) is 6.45. The molecule has 2 aromatic rings. The molecule has 0 atom stereocenters. The second-order valence-electron chi connectivity index (χ2n) is 6.19. The summed E-state index contributed by atoms with van der Waals surface area (Å²) in [4.78, 5) is 12.7. The molecular weight excluding hydrogens is 422 g/mol. The molecular formula is C16H20ClN7O4S. The fraction of sp³-hybridized carbons (Fsp3) is 0.438. The van der Waals surface area contributed by atoms with Crippen LogP contribution in [0.1, 0.15) is 22.8 Å². The van der Waals surface area contributed by atoms with E-state index in [0.29, 0.717) is 32.8 Å². The summed E-state index contributed by atoms with van der Waals surface area (Å²) < 4.78 is 31.1. The average Bonchev–Trinajstić information content (AvgIpc) is 3.13. The Morgan fingerprint density at radius 1 is 1.38 bits per heavy atom. The lowest BCUT2D eigenvalue weighted by Crippen LogP contribution is -2.32. The third-order valence-corrected chi connectivity index (χ3v) is 5.74. The van der Waals surface area contributed by atoms with E-state index in [2.05, 4.69) is 25.9 Å². The van der Waals surface area contributed by atoms with Crippen molar-refractivity contribution >= 4 is 39.5 Å². The summed E-state index contributed by atoms with van der Waals surface area (Å²) >= 11 is 6.43. The van der Waals surface area contributed by atoms with E-state index in [1.165, 1.54) is 23.0 Å². The number of ether oxygens (including phenoxy) is 1. The van der Waals surface area contributed by atoms with Crippen LogP contribution in [0.3, 0.4) is 0 Å². The van der Waals surface area contributed by atoms with Crippen molar-refractivity contribution in [3.63, 3.8) is 0 Å². The van der Waals surface area contributed by atoms with Crippen LogP contribution >= 0.6 is 11.6 Å². The number of tetrazole rings is 1. The Hall–Kier alpha value is -2.57. The summed E-state index contributed by atoms with van der Waals surface area (Å²) in [6.45, 7) is 4.47. The number of anilines is 1. The van der Waals surface area contributed by atoms with Crippen LogP contribution in [0.15, 0.2) is 22.1 Å². The predicted molar refractivity (Wildman–Crippen MR) is 106 cm³/mol. The van der Waals surface area contributed by atoms with E-state index in [1.807, 2.05) is 6.92 Å². The number of nitrogens with zero attached hydrogens (tertiary/aromatic N) is 6. The fourth-order valence-electron chi connectivity index (χ4n) is 2.68. The molecule has 0 saturated carbocycles. The van der Waals surface area contributed by atoms with Crippen molar-refractivity contribution in [3.05, 3.63) is 28.3 Å². The third kappa shape index (κ3) is 4.89.